The minimum atomic E-state index is -3.44. The molecule has 2 rings (SSSR count). The van der Waals surface area contributed by atoms with E-state index in [1.165, 1.54) is 0 Å². The van der Waals surface area contributed by atoms with E-state index >= 15 is 0 Å². The second kappa shape index (κ2) is 8.94. The minimum Gasteiger partial charge on any atom is -0.214 e. The maximum Gasteiger partial charge on any atom is 0.213 e. The molecule has 1 aromatic rings. The summed E-state index contributed by atoms with van der Waals surface area (Å²) < 4.78 is 52.7. The van der Waals surface area contributed by atoms with Crippen LogP contribution in [0.3, 0.4) is 0 Å². The van der Waals surface area contributed by atoms with Crippen molar-refractivity contribution in [2.45, 2.75) is 44.6 Å². The molecule has 136 valence electrons. The van der Waals surface area contributed by atoms with E-state index in [0.717, 1.165) is 31.2 Å². The molecule has 1 aliphatic rings. The summed E-state index contributed by atoms with van der Waals surface area (Å²) in [6.45, 7) is -0.0876. The van der Waals surface area contributed by atoms with Gasteiger partial charge in [-0.25, -0.2) is 26.3 Å². The highest BCUT2D eigenvalue weighted by atomic mass is 32.2. The molecule has 1 saturated carbocycles. The van der Waals surface area contributed by atoms with Crippen LogP contribution in [0.25, 0.3) is 0 Å². The largest absolute Gasteiger partial charge is 0.214 e. The third kappa shape index (κ3) is 7.29. The first-order valence-corrected chi connectivity index (χ1v) is 11.7. The van der Waals surface area contributed by atoms with Crippen molar-refractivity contribution in [2.24, 2.45) is 0 Å². The van der Waals surface area contributed by atoms with Gasteiger partial charge in [0.15, 0.2) is 0 Å². The van der Waals surface area contributed by atoms with Gasteiger partial charge in [0.05, 0.1) is 11.5 Å². The molecule has 6 nitrogen and oxygen atoms in total. The maximum atomic E-state index is 11.9. The molecule has 0 bridgehead atoms. The molecule has 2 N–H and O–H groups in total. The molecule has 0 unspecified atom stereocenters. The lowest BCUT2D eigenvalue weighted by atomic mass is 10.1. The molecule has 1 fully saturated rings. The van der Waals surface area contributed by atoms with Crippen molar-refractivity contribution in [3.63, 3.8) is 0 Å². The SMILES string of the molecule is O=S(=O)(CCCc1ccccc1)NCCS(=O)(=O)NC1CCCC1. The molecule has 0 heterocycles. The van der Waals surface area contributed by atoms with Crippen molar-refractivity contribution in [3.05, 3.63) is 35.9 Å². The van der Waals surface area contributed by atoms with Gasteiger partial charge < -0.3 is 0 Å². The predicted octanol–water partition coefficient (Wildman–Crippen LogP) is 1.40. The molecule has 1 aliphatic carbocycles. The van der Waals surface area contributed by atoms with Crippen LogP contribution in [0.15, 0.2) is 30.3 Å². The number of hydrogen-bond acceptors (Lipinski definition) is 4. The monoisotopic (exact) mass is 374 g/mol. The Bertz CT molecular complexity index is 697. The first kappa shape index (κ1) is 19.4. The predicted molar refractivity (Wildman–Crippen MR) is 95.7 cm³/mol. The van der Waals surface area contributed by atoms with E-state index in [0.29, 0.717) is 12.8 Å². The van der Waals surface area contributed by atoms with Crippen LogP contribution in [0.1, 0.15) is 37.7 Å². The lowest BCUT2D eigenvalue weighted by Gasteiger charge is -2.13. The first-order chi connectivity index (χ1) is 11.4. The molecule has 0 radical (unpaired) electrons. The van der Waals surface area contributed by atoms with E-state index in [9.17, 15) is 16.8 Å². The van der Waals surface area contributed by atoms with Gasteiger partial charge in [-0.05, 0) is 31.2 Å². The van der Waals surface area contributed by atoms with E-state index in [1.54, 1.807) is 0 Å². The van der Waals surface area contributed by atoms with Crippen LogP contribution in [0.2, 0.25) is 0 Å². The molecule has 1 aromatic carbocycles. The van der Waals surface area contributed by atoms with Crippen molar-refractivity contribution in [1.82, 2.24) is 9.44 Å². The summed E-state index contributed by atoms with van der Waals surface area (Å²) in [6.07, 6.45) is 5.01. The third-order valence-electron chi connectivity index (χ3n) is 4.12. The summed E-state index contributed by atoms with van der Waals surface area (Å²) in [5.74, 6) is -0.223. The standard InChI is InChI=1S/C16H26N2O4S2/c19-23(20,13-6-9-15-7-2-1-3-8-15)17-12-14-24(21,22)18-16-10-4-5-11-16/h1-3,7-8,16-18H,4-6,9-14H2. The summed E-state index contributed by atoms with van der Waals surface area (Å²) in [5.41, 5.74) is 1.09. The normalized spacial score (nSPS) is 16.5. The van der Waals surface area contributed by atoms with Crippen LogP contribution in [-0.2, 0) is 26.5 Å². The summed E-state index contributed by atoms with van der Waals surface area (Å²) in [4.78, 5) is 0. The molecular formula is C16H26N2O4S2. The fourth-order valence-corrected chi connectivity index (χ4v) is 5.31. The molecule has 0 aliphatic heterocycles. The Kier molecular flexibility index (Phi) is 7.21. The molecule has 0 aromatic heterocycles. The summed E-state index contributed by atoms with van der Waals surface area (Å²) in [7, 11) is -6.87. The minimum absolute atomic E-state index is 0.00199. The van der Waals surface area contributed by atoms with Gasteiger partial charge in [-0.2, -0.15) is 0 Å². The van der Waals surface area contributed by atoms with Crippen molar-refractivity contribution in [2.75, 3.05) is 18.1 Å². The van der Waals surface area contributed by atoms with Gasteiger partial charge in [0, 0.05) is 12.6 Å². The van der Waals surface area contributed by atoms with Gasteiger partial charge in [-0.15, -0.1) is 0 Å². The van der Waals surface area contributed by atoms with E-state index < -0.39 is 20.0 Å². The van der Waals surface area contributed by atoms with Gasteiger partial charge in [0.1, 0.15) is 0 Å². The van der Waals surface area contributed by atoms with Crippen LogP contribution in [0.4, 0.5) is 0 Å². The molecular weight excluding hydrogens is 348 g/mol. The van der Waals surface area contributed by atoms with Gasteiger partial charge >= 0.3 is 0 Å². The Morgan fingerprint density at radius 3 is 2.25 bits per heavy atom. The second-order valence-electron chi connectivity index (χ2n) is 6.22. The van der Waals surface area contributed by atoms with Crippen LogP contribution in [0, 0.1) is 0 Å². The average molecular weight is 375 g/mol. The topological polar surface area (TPSA) is 92.3 Å². The Morgan fingerprint density at radius 1 is 0.917 bits per heavy atom. The fraction of sp³-hybridized carbons (Fsp3) is 0.625. The van der Waals surface area contributed by atoms with Gasteiger partial charge in [0.2, 0.25) is 20.0 Å². The molecule has 8 heteroatoms. The van der Waals surface area contributed by atoms with Gasteiger partial charge in [-0.1, -0.05) is 43.2 Å². The molecule has 24 heavy (non-hydrogen) atoms. The molecule has 0 atom stereocenters. The van der Waals surface area contributed by atoms with Gasteiger partial charge in [0.25, 0.3) is 0 Å². The lowest BCUT2D eigenvalue weighted by Crippen LogP contribution is -2.39. The second-order valence-corrected chi connectivity index (χ2v) is 10.0. The van der Waals surface area contributed by atoms with Crippen LogP contribution >= 0.6 is 0 Å². The van der Waals surface area contributed by atoms with E-state index in [4.69, 9.17) is 0 Å². The van der Waals surface area contributed by atoms with Crippen molar-refractivity contribution in [1.29, 1.82) is 0 Å². The summed E-state index contributed by atoms with van der Waals surface area (Å²) in [6, 6.07) is 9.69. The number of nitrogens with one attached hydrogen (secondary N) is 2. The Morgan fingerprint density at radius 2 is 1.58 bits per heavy atom. The Balaban J connectivity index is 1.68. The van der Waals surface area contributed by atoms with Crippen LogP contribution < -0.4 is 9.44 Å². The highest BCUT2D eigenvalue weighted by molar-refractivity contribution is 7.90. The van der Waals surface area contributed by atoms with Crippen molar-refractivity contribution < 1.29 is 16.8 Å². The number of benzene rings is 1. The van der Waals surface area contributed by atoms with E-state index in [2.05, 4.69) is 9.44 Å². The summed E-state index contributed by atoms with van der Waals surface area (Å²) >= 11 is 0. The zero-order chi connectivity index (χ0) is 17.5. The Labute approximate surface area is 145 Å². The fourth-order valence-electron chi connectivity index (χ4n) is 2.87. The number of rotatable bonds is 10. The van der Waals surface area contributed by atoms with E-state index in [1.807, 2.05) is 30.3 Å². The molecule has 0 spiro atoms. The van der Waals surface area contributed by atoms with Crippen molar-refractivity contribution >= 4 is 20.0 Å². The quantitative estimate of drug-likeness (QED) is 0.647. The van der Waals surface area contributed by atoms with Crippen LogP contribution in [-0.4, -0.2) is 40.9 Å². The number of hydrogen-bond donors (Lipinski definition) is 2. The van der Waals surface area contributed by atoms with Crippen molar-refractivity contribution in [3.8, 4) is 0 Å². The maximum absolute atomic E-state index is 11.9. The number of aryl methyl sites for hydroxylation is 1. The zero-order valence-corrected chi connectivity index (χ0v) is 15.4. The summed E-state index contributed by atoms with van der Waals surface area (Å²) in [5, 5.41) is 0. The smallest absolute Gasteiger partial charge is 0.213 e. The van der Waals surface area contributed by atoms with Crippen LogP contribution in [0.5, 0.6) is 0 Å². The van der Waals surface area contributed by atoms with Gasteiger partial charge in [-0.3, -0.25) is 0 Å². The zero-order valence-electron chi connectivity index (χ0n) is 13.8. The first-order valence-electron chi connectivity index (χ1n) is 8.38. The molecule has 0 saturated heterocycles. The highest BCUT2D eigenvalue weighted by Crippen LogP contribution is 2.18. The Hall–Kier alpha value is -0.960. The highest BCUT2D eigenvalue weighted by Gasteiger charge is 2.21. The van der Waals surface area contributed by atoms with E-state index in [-0.39, 0.29) is 24.1 Å². The third-order valence-corrected chi connectivity index (χ3v) is 7.02. The molecule has 0 amide bonds. The lowest BCUT2D eigenvalue weighted by molar-refractivity contribution is 0.550. The average Bonchev–Trinajstić information content (AvgIpc) is 2.99. The number of sulfonamides is 2.